The first kappa shape index (κ1) is 25.7. The van der Waals surface area contributed by atoms with E-state index in [9.17, 15) is 18.0 Å². The van der Waals surface area contributed by atoms with E-state index >= 15 is 0 Å². The van der Waals surface area contributed by atoms with Gasteiger partial charge in [-0.3, -0.25) is 14.2 Å². The van der Waals surface area contributed by atoms with E-state index in [0.29, 0.717) is 53.7 Å². The Morgan fingerprint density at radius 3 is 2.35 bits per heavy atom. The highest BCUT2D eigenvalue weighted by Crippen LogP contribution is 2.33. The van der Waals surface area contributed by atoms with Crippen LogP contribution in [0, 0.1) is 18.8 Å². The highest BCUT2D eigenvalue weighted by atomic mass is 32.2. The van der Waals surface area contributed by atoms with Crippen molar-refractivity contribution in [1.82, 2.24) is 28.7 Å². The molecule has 5 heterocycles. The Labute approximate surface area is 219 Å². The number of aromatic nitrogens is 4. The molecule has 11 nitrogen and oxygen atoms in total. The van der Waals surface area contributed by atoms with E-state index in [1.54, 1.807) is 30.3 Å². The van der Waals surface area contributed by atoms with Gasteiger partial charge in [-0.05, 0) is 31.2 Å². The minimum Gasteiger partial charge on any atom is -0.341 e. The number of likely N-dealkylation sites (tertiary alicyclic amines) is 1. The van der Waals surface area contributed by atoms with Crippen molar-refractivity contribution in [2.45, 2.75) is 38.6 Å². The molecule has 2 aliphatic heterocycles. The van der Waals surface area contributed by atoms with Crippen molar-refractivity contribution in [1.29, 1.82) is 0 Å². The summed E-state index contributed by atoms with van der Waals surface area (Å²) in [5.41, 5.74) is -0.504. The molecule has 0 bridgehead atoms. The zero-order valence-electron chi connectivity index (χ0n) is 21.2. The molecule has 2 saturated heterocycles. The first-order valence-electron chi connectivity index (χ1n) is 12.4. The van der Waals surface area contributed by atoms with Gasteiger partial charge < -0.3 is 9.80 Å². The predicted molar refractivity (Wildman–Crippen MR) is 141 cm³/mol. The van der Waals surface area contributed by atoms with Gasteiger partial charge in [0.2, 0.25) is 21.9 Å². The number of rotatable bonds is 5. The highest BCUT2D eigenvalue weighted by molar-refractivity contribution is 7.89. The largest absolute Gasteiger partial charge is 0.341 e. The van der Waals surface area contributed by atoms with Crippen molar-refractivity contribution in [3.05, 3.63) is 40.0 Å². The van der Waals surface area contributed by atoms with Crippen LogP contribution in [0.25, 0.3) is 10.2 Å². The molecule has 0 aliphatic carbocycles. The van der Waals surface area contributed by atoms with Crippen molar-refractivity contribution in [2.24, 2.45) is 11.8 Å². The molecule has 2 unspecified atom stereocenters. The molecular formula is C24H31N7O4S2. The Morgan fingerprint density at radius 1 is 1.05 bits per heavy atom. The zero-order valence-corrected chi connectivity index (χ0v) is 22.8. The van der Waals surface area contributed by atoms with Crippen LogP contribution in [0.1, 0.15) is 25.1 Å². The number of carbonyl (C=O) groups excluding carboxylic acids is 1. The summed E-state index contributed by atoms with van der Waals surface area (Å²) < 4.78 is 30.2. The van der Waals surface area contributed by atoms with Gasteiger partial charge in [-0.25, -0.2) is 23.4 Å². The van der Waals surface area contributed by atoms with Crippen LogP contribution in [0.4, 0.5) is 5.95 Å². The lowest BCUT2D eigenvalue weighted by Gasteiger charge is -2.35. The molecule has 0 saturated carbocycles. The van der Waals surface area contributed by atoms with Crippen molar-refractivity contribution in [3.8, 4) is 0 Å². The smallest absolute Gasteiger partial charge is 0.263 e. The average Bonchev–Trinajstić information content (AvgIpc) is 3.23. The van der Waals surface area contributed by atoms with Gasteiger partial charge in [0, 0.05) is 56.5 Å². The molecule has 37 heavy (non-hydrogen) atoms. The maximum absolute atomic E-state index is 13.8. The Morgan fingerprint density at radius 2 is 1.70 bits per heavy atom. The number of nitrogens with zero attached hydrogens (tertiary/aromatic N) is 7. The first-order chi connectivity index (χ1) is 17.6. The lowest BCUT2D eigenvalue weighted by atomic mass is 9.92. The van der Waals surface area contributed by atoms with Gasteiger partial charge in [-0.15, -0.1) is 11.3 Å². The topological polar surface area (TPSA) is 122 Å². The van der Waals surface area contributed by atoms with Crippen molar-refractivity contribution in [3.63, 3.8) is 0 Å². The molecule has 0 aromatic carbocycles. The number of carbonyl (C=O) groups is 1. The number of piperazine rings is 1. The number of piperidine rings is 1. The molecule has 2 atom stereocenters. The van der Waals surface area contributed by atoms with E-state index in [-0.39, 0.29) is 35.8 Å². The number of thiophene rings is 1. The first-order valence-corrected chi connectivity index (χ1v) is 14.7. The van der Waals surface area contributed by atoms with Crippen molar-refractivity contribution >= 4 is 43.4 Å². The number of amides is 1. The van der Waals surface area contributed by atoms with E-state index in [0.717, 1.165) is 6.42 Å². The SMILES string of the molecule is Cc1sc2ncn(CC(=O)N3CC(C)CC(C)C3)c(=O)c2c1S(=O)(=O)N1CCN(c2ncccn2)CC1. The van der Waals surface area contributed by atoms with Gasteiger partial charge in [-0.1, -0.05) is 13.8 Å². The monoisotopic (exact) mass is 545 g/mol. The molecule has 2 aliphatic rings. The second-order valence-electron chi connectivity index (χ2n) is 10.0. The van der Waals surface area contributed by atoms with Gasteiger partial charge in [0.15, 0.2) is 0 Å². The van der Waals surface area contributed by atoms with Gasteiger partial charge in [0.1, 0.15) is 16.3 Å². The summed E-state index contributed by atoms with van der Waals surface area (Å²) in [7, 11) is -3.96. The maximum Gasteiger partial charge on any atom is 0.263 e. The number of hydrogen-bond donors (Lipinski definition) is 0. The third-order valence-electron chi connectivity index (χ3n) is 7.00. The number of hydrogen-bond acceptors (Lipinski definition) is 9. The van der Waals surface area contributed by atoms with Crippen LogP contribution in [-0.4, -0.2) is 82.3 Å². The molecule has 13 heteroatoms. The molecule has 0 spiro atoms. The van der Waals surface area contributed by atoms with Crippen LogP contribution >= 0.6 is 11.3 Å². The van der Waals surface area contributed by atoms with E-state index in [4.69, 9.17) is 0 Å². The van der Waals surface area contributed by atoms with Gasteiger partial charge >= 0.3 is 0 Å². The highest BCUT2D eigenvalue weighted by Gasteiger charge is 2.34. The van der Waals surface area contributed by atoms with E-state index in [2.05, 4.69) is 28.8 Å². The summed E-state index contributed by atoms with van der Waals surface area (Å²) in [5, 5.41) is 0.0620. The Balaban J connectivity index is 1.41. The normalized spacial score (nSPS) is 21.5. The van der Waals surface area contributed by atoms with Crippen LogP contribution in [0.2, 0.25) is 0 Å². The fraction of sp³-hybridized carbons (Fsp3) is 0.542. The summed E-state index contributed by atoms with van der Waals surface area (Å²) >= 11 is 1.18. The molecule has 3 aromatic heterocycles. The fourth-order valence-corrected chi connectivity index (χ4v) is 8.45. The predicted octanol–water partition coefficient (Wildman–Crippen LogP) is 1.57. The van der Waals surface area contributed by atoms with Crippen LogP contribution in [-0.2, 0) is 21.4 Å². The third-order valence-corrected chi connectivity index (χ3v) is 10.2. The van der Waals surface area contributed by atoms with Crippen molar-refractivity contribution < 1.29 is 13.2 Å². The zero-order chi connectivity index (χ0) is 26.3. The van der Waals surface area contributed by atoms with Gasteiger partial charge in [0.05, 0.1) is 11.7 Å². The quantitative estimate of drug-likeness (QED) is 0.474. The van der Waals surface area contributed by atoms with E-state index in [1.807, 2.05) is 4.90 Å². The molecule has 198 valence electrons. The molecule has 5 rings (SSSR count). The molecule has 0 radical (unpaired) electrons. The summed E-state index contributed by atoms with van der Waals surface area (Å²) in [6, 6.07) is 1.73. The number of anilines is 1. The molecule has 0 N–H and O–H groups in total. The maximum atomic E-state index is 13.8. The molecule has 3 aromatic rings. The summed E-state index contributed by atoms with van der Waals surface area (Å²) in [6.45, 7) is 8.45. The van der Waals surface area contributed by atoms with Crippen LogP contribution in [0.5, 0.6) is 0 Å². The molecule has 1 amide bonds. The number of fused-ring (bicyclic) bond motifs is 1. The minimum atomic E-state index is -3.96. The summed E-state index contributed by atoms with van der Waals surface area (Å²) in [5.74, 6) is 1.20. The fourth-order valence-electron chi connectivity index (χ4n) is 5.36. The number of aryl methyl sites for hydroxylation is 1. The van der Waals surface area contributed by atoms with Gasteiger partial charge in [0.25, 0.3) is 5.56 Å². The average molecular weight is 546 g/mol. The Kier molecular flexibility index (Phi) is 7.03. The van der Waals surface area contributed by atoms with Crippen molar-refractivity contribution in [2.75, 3.05) is 44.2 Å². The standard InChI is InChI=1S/C24H31N7O4S2/c1-16-11-17(2)13-29(12-16)19(32)14-30-15-27-22-20(23(30)33)21(18(3)36-22)37(34,35)31-9-7-28(8-10-31)24-25-5-4-6-26-24/h4-6,15-17H,7-14H2,1-3H3. The number of sulfonamides is 1. The minimum absolute atomic E-state index is 0.00331. The molecule has 2 fully saturated rings. The molecular weight excluding hydrogens is 514 g/mol. The Hall–Kier alpha value is -2.90. The van der Waals surface area contributed by atoms with Gasteiger partial charge in [-0.2, -0.15) is 4.31 Å². The third kappa shape index (κ3) is 4.99. The lowest BCUT2D eigenvalue weighted by Crippen LogP contribution is -2.49. The van der Waals surface area contributed by atoms with Crippen LogP contribution in [0.3, 0.4) is 0 Å². The van der Waals surface area contributed by atoms with E-state index < -0.39 is 15.6 Å². The second kappa shape index (κ2) is 10.1. The summed E-state index contributed by atoms with van der Waals surface area (Å²) in [6.07, 6.45) is 5.73. The summed E-state index contributed by atoms with van der Waals surface area (Å²) in [4.78, 5) is 44.0. The van der Waals surface area contributed by atoms with E-state index in [1.165, 1.54) is 26.5 Å². The Bertz CT molecular complexity index is 1450. The van der Waals surface area contributed by atoms with Crippen LogP contribution in [0.15, 0.2) is 34.5 Å². The second-order valence-corrected chi connectivity index (χ2v) is 13.1. The lowest BCUT2D eigenvalue weighted by molar-refractivity contribution is -0.134. The van der Waals surface area contributed by atoms with Crippen LogP contribution < -0.4 is 10.5 Å².